The lowest BCUT2D eigenvalue weighted by Gasteiger charge is -2.04. The van der Waals surface area contributed by atoms with E-state index in [1.54, 1.807) is 18.7 Å². The van der Waals surface area contributed by atoms with Crippen molar-refractivity contribution in [2.45, 2.75) is 32.1 Å². The van der Waals surface area contributed by atoms with Gasteiger partial charge in [-0.25, -0.2) is 13.8 Å². The fourth-order valence-corrected chi connectivity index (χ4v) is 2.25. The van der Waals surface area contributed by atoms with Gasteiger partial charge in [0.15, 0.2) is 5.65 Å². The lowest BCUT2D eigenvalue weighted by Crippen LogP contribution is -1.95. The van der Waals surface area contributed by atoms with E-state index in [9.17, 15) is 8.78 Å². The van der Waals surface area contributed by atoms with Crippen LogP contribution in [0.15, 0.2) is 6.07 Å². The minimum Gasteiger partial charge on any atom is -0.250 e. The van der Waals surface area contributed by atoms with Gasteiger partial charge in [0.25, 0.3) is 6.43 Å². The Labute approximate surface area is 97.5 Å². The first-order chi connectivity index (χ1) is 8.08. The van der Waals surface area contributed by atoms with E-state index in [0.717, 1.165) is 18.5 Å². The highest BCUT2D eigenvalue weighted by atomic mass is 19.3. The maximum absolute atomic E-state index is 13.1. The zero-order valence-electron chi connectivity index (χ0n) is 9.74. The fourth-order valence-electron chi connectivity index (χ4n) is 2.25. The van der Waals surface area contributed by atoms with Crippen molar-refractivity contribution in [1.29, 1.82) is 0 Å². The van der Waals surface area contributed by atoms with Crippen LogP contribution in [0.5, 0.6) is 0 Å². The summed E-state index contributed by atoms with van der Waals surface area (Å²) in [6.45, 7) is 1.73. The molecule has 90 valence electrons. The van der Waals surface area contributed by atoms with Crippen molar-refractivity contribution in [3.63, 3.8) is 0 Å². The van der Waals surface area contributed by atoms with Crippen LogP contribution in [0, 0.1) is 6.92 Å². The molecule has 2 heterocycles. The average molecular weight is 237 g/mol. The number of aryl methyl sites for hydroxylation is 2. The fraction of sp³-hybridized carbons (Fsp3) is 0.500. The van der Waals surface area contributed by atoms with Gasteiger partial charge in [0.2, 0.25) is 0 Å². The molecule has 0 atom stereocenters. The molecule has 0 N–H and O–H groups in total. The average Bonchev–Trinajstić information content (AvgIpc) is 3.04. The van der Waals surface area contributed by atoms with Gasteiger partial charge >= 0.3 is 0 Å². The number of fused-ring (bicyclic) bond motifs is 1. The van der Waals surface area contributed by atoms with Crippen LogP contribution < -0.4 is 0 Å². The minimum absolute atomic E-state index is 0.0718. The molecule has 1 saturated carbocycles. The summed E-state index contributed by atoms with van der Waals surface area (Å²) in [5, 5.41) is 4.92. The summed E-state index contributed by atoms with van der Waals surface area (Å²) < 4.78 is 27.8. The van der Waals surface area contributed by atoms with Gasteiger partial charge in [0.05, 0.1) is 11.1 Å². The molecule has 5 heteroatoms. The second-order valence-electron chi connectivity index (χ2n) is 4.64. The predicted octanol–water partition coefficient (Wildman–Crippen LogP) is 3.09. The molecule has 0 saturated heterocycles. The molecule has 0 radical (unpaired) electrons. The Morgan fingerprint density at radius 3 is 2.71 bits per heavy atom. The zero-order valence-corrected chi connectivity index (χ0v) is 9.74. The second kappa shape index (κ2) is 3.48. The Balaban J connectivity index is 2.36. The van der Waals surface area contributed by atoms with Crippen LogP contribution in [-0.2, 0) is 7.05 Å². The number of hydrogen-bond acceptors (Lipinski definition) is 2. The van der Waals surface area contributed by atoms with Crippen LogP contribution in [0.25, 0.3) is 11.0 Å². The molecule has 0 aromatic carbocycles. The van der Waals surface area contributed by atoms with Crippen molar-refractivity contribution in [2.75, 3.05) is 0 Å². The molecule has 0 spiro atoms. The lowest BCUT2D eigenvalue weighted by atomic mass is 10.1. The number of pyridine rings is 1. The summed E-state index contributed by atoms with van der Waals surface area (Å²) in [5.74, 6) is 0.348. The molecule has 1 aliphatic rings. The van der Waals surface area contributed by atoms with Crippen molar-refractivity contribution in [3.05, 3.63) is 23.0 Å². The lowest BCUT2D eigenvalue weighted by molar-refractivity contribution is 0.153. The van der Waals surface area contributed by atoms with Gasteiger partial charge in [-0.1, -0.05) is 0 Å². The van der Waals surface area contributed by atoms with Gasteiger partial charge in [-0.05, 0) is 25.8 Å². The molecule has 2 aromatic rings. The second-order valence-corrected chi connectivity index (χ2v) is 4.64. The maximum Gasteiger partial charge on any atom is 0.264 e. The van der Waals surface area contributed by atoms with Gasteiger partial charge in [-0.15, -0.1) is 0 Å². The van der Waals surface area contributed by atoms with E-state index in [-0.39, 0.29) is 5.56 Å². The number of nitrogens with zero attached hydrogens (tertiary/aromatic N) is 3. The molecule has 0 bridgehead atoms. The number of hydrogen-bond donors (Lipinski definition) is 0. The molecule has 2 aromatic heterocycles. The van der Waals surface area contributed by atoms with Gasteiger partial charge in [0.1, 0.15) is 0 Å². The summed E-state index contributed by atoms with van der Waals surface area (Å²) in [7, 11) is 1.76. The Kier molecular flexibility index (Phi) is 2.18. The van der Waals surface area contributed by atoms with Gasteiger partial charge in [0, 0.05) is 24.2 Å². The van der Waals surface area contributed by atoms with E-state index in [0.29, 0.717) is 22.6 Å². The third kappa shape index (κ3) is 1.61. The third-order valence-electron chi connectivity index (χ3n) is 3.18. The smallest absolute Gasteiger partial charge is 0.250 e. The quantitative estimate of drug-likeness (QED) is 0.803. The molecule has 0 aliphatic heterocycles. The summed E-state index contributed by atoms with van der Waals surface area (Å²) in [6.07, 6.45) is -0.383. The summed E-state index contributed by atoms with van der Waals surface area (Å²) in [5.41, 5.74) is 2.05. The van der Waals surface area contributed by atoms with Crippen LogP contribution in [0.4, 0.5) is 8.78 Å². The Morgan fingerprint density at radius 2 is 2.12 bits per heavy atom. The monoisotopic (exact) mass is 237 g/mol. The summed E-state index contributed by atoms with van der Waals surface area (Å²) in [6, 6.07) is 1.47. The first-order valence-corrected chi connectivity index (χ1v) is 5.70. The van der Waals surface area contributed by atoms with E-state index >= 15 is 0 Å². The molecule has 17 heavy (non-hydrogen) atoms. The van der Waals surface area contributed by atoms with Gasteiger partial charge in [-0.3, -0.25) is 4.68 Å². The van der Waals surface area contributed by atoms with Crippen molar-refractivity contribution >= 4 is 11.0 Å². The summed E-state index contributed by atoms with van der Waals surface area (Å²) in [4.78, 5) is 4.32. The molecular formula is C12H13F2N3. The highest BCUT2D eigenvalue weighted by Crippen LogP contribution is 2.44. The molecular weight excluding hydrogens is 224 g/mol. The molecule has 0 unspecified atom stereocenters. The largest absolute Gasteiger partial charge is 0.264 e. The number of rotatable bonds is 2. The molecule has 1 aliphatic carbocycles. The van der Waals surface area contributed by atoms with Crippen LogP contribution in [0.3, 0.4) is 0 Å². The van der Waals surface area contributed by atoms with E-state index in [1.807, 2.05) is 0 Å². The van der Waals surface area contributed by atoms with Crippen molar-refractivity contribution in [3.8, 4) is 0 Å². The normalized spacial score (nSPS) is 16.1. The van der Waals surface area contributed by atoms with Crippen molar-refractivity contribution < 1.29 is 8.78 Å². The first-order valence-electron chi connectivity index (χ1n) is 5.70. The van der Waals surface area contributed by atoms with E-state index in [2.05, 4.69) is 10.1 Å². The zero-order chi connectivity index (χ0) is 12.2. The third-order valence-corrected chi connectivity index (χ3v) is 3.18. The topological polar surface area (TPSA) is 30.7 Å². The van der Waals surface area contributed by atoms with E-state index < -0.39 is 6.43 Å². The van der Waals surface area contributed by atoms with Gasteiger partial charge < -0.3 is 0 Å². The molecule has 3 rings (SSSR count). The Morgan fingerprint density at radius 1 is 1.41 bits per heavy atom. The SMILES string of the molecule is Cc1cc(C(F)F)c2c(C3CC3)nn(C)c2n1. The minimum atomic E-state index is -2.47. The van der Waals surface area contributed by atoms with Crippen LogP contribution >= 0.6 is 0 Å². The standard InChI is InChI=1S/C12H13F2N3/c1-6-5-8(11(13)14)9-10(7-3-4-7)16-17(2)12(9)15-6/h5,7,11H,3-4H2,1-2H3. The molecule has 1 fully saturated rings. The number of aromatic nitrogens is 3. The van der Waals surface area contributed by atoms with Gasteiger partial charge in [-0.2, -0.15) is 5.10 Å². The van der Waals surface area contributed by atoms with Crippen LogP contribution in [0.1, 0.15) is 42.1 Å². The van der Waals surface area contributed by atoms with Crippen molar-refractivity contribution in [2.24, 2.45) is 7.05 Å². The van der Waals surface area contributed by atoms with Crippen LogP contribution in [-0.4, -0.2) is 14.8 Å². The number of alkyl halides is 2. The summed E-state index contributed by atoms with van der Waals surface area (Å²) >= 11 is 0. The van der Waals surface area contributed by atoms with Crippen molar-refractivity contribution in [1.82, 2.24) is 14.8 Å². The first kappa shape index (κ1) is 10.6. The predicted molar refractivity (Wildman–Crippen MR) is 60.2 cm³/mol. The highest BCUT2D eigenvalue weighted by molar-refractivity contribution is 5.83. The Hall–Kier alpha value is -1.52. The van der Waals surface area contributed by atoms with E-state index in [1.165, 1.54) is 6.07 Å². The Bertz CT molecular complexity index is 585. The number of halogens is 2. The maximum atomic E-state index is 13.1. The molecule has 0 amide bonds. The van der Waals surface area contributed by atoms with Crippen LogP contribution in [0.2, 0.25) is 0 Å². The van der Waals surface area contributed by atoms with E-state index in [4.69, 9.17) is 0 Å². The molecule has 3 nitrogen and oxygen atoms in total. The highest BCUT2D eigenvalue weighted by Gasteiger charge is 2.31.